The van der Waals surface area contributed by atoms with Crippen LogP contribution in [0.3, 0.4) is 0 Å². The summed E-state index contributed by atoms with van der Waals surface area (Å²) in [5.74, 6) is 2.50. The molecule has 3 aliphatic rings. The highest BCUT2D eigenvalue weighted by Crippen LogP contribution is 2.32. The van der Waals surface area contributed by atoms with Crippen LogP contribution in [0, 0.1) is 5.92 Å². The van der Waals surface area contributed by atoms with Crippen molar-refractivity contribution in [1.82, 2.24) is 15.0 Å². The predicted molar refractivity (Wildman–Crippen MR) is 136 cm³/mol. The number of hydrogen-bond donors (Lipinski definition) is 0. The van der Waals surface area contributed by atoms with Crippen molar-refractivity contribution < 1.29 is 9.26 Å². The number of nitrogens with zero attached hydrogens (tertiary/aromatic N) is 4. The van der Waals surface area contributed by atoms with Gasteiger partial charge >= 0.3 is 0 Å². The predicted octanol–water partition coefficient (Wildman–Crippen LogP) is 5.06. The van der Waals surface area contributed by atoms with E-state index in [1.54, 1.807) is 0 Å². The van der Waals surface area contributed by atoms with Gasteiger partial charge in [0.15, 0.2) is 11.4 Å². The van der Waals surface area contributed by atoms with Crippen LogP contribution in [0.2, 0.25) is 5.02 Å². The summed E-state index contributed by atoms with van der Waals surface area (Å²) in [7, 11) is 0. The van der Waals surface area contributed by atoms with E-state index in [1.807, 2.05) is 24.3 Å². The van der Waals surface area contributed by atoms with Gasteiger partial charge < -0.3 is 14.2 Å². The SMILES string of the molecule is Clc1ccc(OC[C@H]2CC[C@H]3CN(c4noc5ccccc45)CCN3C2)cc1CN1CCCC1. The summed E-state index contributed by atoms with van der Waals surface area (Å²) in [6.07, 6.45) is 4.98. The summed E-state index contributed by atoms with van der Waals surface area (Å²) >= 11 is 6.48. The molecule has 0 N–H and O–H groups in total. The zero-order valence-electron chi connectivity index (χ0n) is 19.7. The number of halogens is 1. The highest BCUT2D eigenvalue weighted by atomic mass is 35.5. The molecule has 6 rings (SSSR count). The normalized spacial score (nSPS) is 24.0. The number of anilines is 1. The third kappa shape index (κ3) is 4.64. The topological polar surface area (TPSA) is 45.0 Å². The van der Waals surface area contributed by atoms with Gasteiger partial charge in [-0.3, -0.25) is 9.80 Å². The van der Waals surface area contributed by atoms with E-state index in [9.17, 15) is 0 Å². The van der Waals surface area contributed by atoms with Crippen molar-refractivity contribution in [3.63, 3.8) is 0 Å². The Labute approximate surface area is 206 Å². The van der Waals surface area contributed by atoms with E-state index >= 15 is 0 Å². The van der Waals surface area contributed by atoms with E-state index < -0.39 is 0 Å². The van der Waals surface area contributed by atoms with Crippen molar-refractivity contribution in [1.29, 1.82) is 0 Å². The van der Waals surface area contributed by atoms with Gasteiger partial charge in [0.2, 0.25) is 0 Å². The number of fused-ring (bicyclic) bond motifs is 2. The van der Waals surface area contributed by atoms with Crippen LogP contribution in [0.4, 0.5) is 5.82 Å². The minimum Gasteiger partial charge on any atom is -0.493 e. The first-order valence-corrected chi connectivity index (χ1v) is 13.1. The number of rotatable bonds is 6. The van der Waals surface area contributed by atoms with Crippen molar-refractivity contribution in [3.05, 3.63) is 53.1 Å². The molecule has 3 fully saturated rings. The Kier molecular flexibility index (Phi) is 6.37. The maximum atomic E-state index is 6.48. The Bertz CT molecular complexity index is 1130. The molecule has 2 atom stereocenters. The van der Waals surface area contributed by atoms with Crippen LogP contribution < -0.4 is 9.64 Å². The van der Waals surface area contributed by atoms with Crippen molar-refractivity contribution in [3.8, 4) is 5.75 Å². The molecule has 0 radical (unpaired) electrons. The molecule has 0 amide bonds. The molecule has 6 nitrogen and oxygen atoms in total. The summed E-state index contributed by atoms with van der Waals surface area (Å²) in [6.45, 7) is 8.20. The van der Waals surface area contributed by atoms with E-state index in [0.717, 1.165) is 66.9 Å². The van der Waals surface area contributed by atoms with Gasteiger partial charge in [0, 0.05) is 49.7 Å². The summed E-state index contributed by atoms with van der Waals surface area (Å²) in [5.41, 5.74) is 2.05. The van der Waals surface area contributed by atoms with Crippen molar-refractivity contribution in [2.75, 3.05) is 50.8 Å². The monoisotopic (exact) mass is 480 g/mol. The van der Waals surface area contributed by atoms with Crippen LogP contribution in [-0.4, -0.2) is 66.9 Å². The lowest BCUT2D eigenvalue weighted by Gasteiger charge is -2.46. The molecular formula is C27H33ClN4O2. The summed E-state index contributed by atoms with van der Waals surface area (Å²) in [4.78, 5) is 7.53. The quantitative estimate of drug-likeness (QED) is 0.491. The lowest BCUT2D eigenvalue weighted by atomic mass is 9.91. The second kappa shape index (κ2) is 9.76. The van der Waals surface area contributed by atoms with Gasteiger partial charge in [-0.25, -0.2) is 0 Å². The molecule has 7 heteroatoms. The summed E-state index contributed by atoms with van der Waals surface area (Å²) in [5, 5.41) is 6.34. The smallest absolute Gasteiger partial charge is 0.180 e. The van der Waals surface area contributed by atoms with Crippen molar-refractivity contribution >= 4 is 28.4 Å². The van der Waals surface area contributed by atoms with E-state index in [-0.39, 0.29) is 0 Å². The minimum atomic E-state index is 0.563. The molecule has 0 aliphatic carbocycles. The third-order valence-corrected chi connectivity index (χ3v) is 8.13. The molecule has 2 aromatic carbocycles. The van der Waals surface area contributed by atoms with Gasteiger partial charge in [0.05, 0.1) is 12.0 Å². The van der Waals surface area contributed by atoms with E-state index in [2.05, 4.69) is 38.1 Å². The Morgan fingerprint density at radius 1 is 1.00 bits per heavy atom. The number of piperazine rings is 1. The van der Waals surface area contributed by atoms with Crippen LogP contribution >= 0.6 is 11.6 Å². The van der Waals surface area contributed by atoms with Gasteiger partial charge in [-0.15, -0.1) is 0 Å². The summed E-state index contributed by atoms with van der Waals surface area (Å²) < 4.78 is 11.8. The first-order valence-electron chi connectivity index (χ1n) is 12.7. The minimum absolute atomic E-state index is 0.563. The number of piperidine rings is 1. The van der Waals surface area contributed by atoms with Crippen molar-refractivity contribution in [2.24, 2.45) is 5.92 Å². The second-order valence-electron chi connectivity index (χ2n) is 10.1. The standard InChI is InChI=1S/C27H33ClN4O2/c28-25-10-9-23(15-21(25)17-30-11-3-4-12-30)33-19-20-7-8-22-18-32(14-13-31(22)16-20)27-24-5-1-2-6-26(24)34-29-27/h1-2,5-6,9-10,15,20,22H,3-4,7-8,11-14,16-19H2/t20-,22-/m0/s1. The third-order valence-electron chi connectivity index (χ3n) is 7.76. The molecule has 0 spiro atoms. The molecule has 0 saturated carbocycles. The van der Waals surface area contributed by atoms with Crippen LogP contribution in [0.1, 0.15) is 31.2 Å². The van der Waals surface area contributed by atoms with Gasteiger partial charge in [-0.05, 0) is 74.7 Å². The van der Waals surface area contributed by atoms with E-state index in [1.165, 1.54) is 44.3 Å². The average Bonchev–Trinajstić information content (AvgIpc) is 3.54. The van der Waals surface area contributed by atoms with Crippen LogP contribution in [0.25, 0.3) is 11.0 Å². The zero-order chi connectivity index (χ0) is 22.9. The first-order chi connectivity index (χ1) is 16.7. The highest BCUT2D eigenvalue weighted by Gasteiger charge is 2.34. The molecule has 1 aromatic heterocycles. The molecule has 180 valence electrons. The number of ether oxygens (including phenoxy) is 1. The van der Waals surface area contributed by atoms with E-state index in [0.29, 0.717) is 12.0 Å². The molecule has 34 heavy (non-hydrogen) atoms. The Morgan fingerprint density at radius 2 is 1.88 bits per heavy atom. The fourth-order valence-electron chi connectivity index (χ4n) is 5.84. The lowest BCUT2D eigenvalue weighted by molar-refractivity contribution is 0.0726. The fraction of sp³-hybridized carbons (Fsp3) is 0.519. The molecule has 4 heterocycles. The second-order valence-corrected chi connectivity index (χ2v) is 10.5. The largest absolute Gasteiger partial charge is 0.493 e. The Balaban J connectivity index is 1.03. The first kappa shape index (κ1) is 22.2. The molecule has 3 aliphatic heterocycles. The van der Waals surface area contributed by atoms with Gasteiger partial charge in [0.1, 0.15) is 5.75 Å². The lowest BCUT2D eigenvalue weighted by Crippen LogP contribution is -2.57. The van der Waals surface area contributed by atoms with Crippen LogP contribution in [0.15, 0.2) is 47.0 Å². The van der Waals surface area contributed by atoms with Crippen LogP contribution in [0.5, 0.6) is 5.75 Å². The molecular weight excluding hydrogens is 448 g/mol. The Morgan fingerprint density at radius 3 is 2.79 bits per heavy atom. The van der Waals surface area contributed by atoms with Crippen LogP contribution in [-0.2, 0) is 6.54 Å². The van der Waals surface area contributed by atoms with Crippen molar-refractivity contribution in [2.45, 2.75) is 38.3 Å². The number of hydrogen-bond acceptors (Lipinski definition) is 6. The van der Waals surface area contributed by atoms with Gasteiger partial charge in [-0.2, -0.15) is 0 Å². The summed E-state index contributed by atoms with van der Waals surface area (Å²) in [6, 6.07) is 14.9. The molecule has 3 aromatic rings. The number of aromatic nitrogens is 1. The Hall–Kier alpha value is -2.28. The number of benzene rings is 2. The zero-order valence-corrected chi connectivity index (χ0v) is 20.4. The molecule has 0 unspecified atom stereocenters. The maximum Gasteiger partial charge on any atom is 0.180 e. The van der Waals surface area contributed by atoms with Gasteiger partial charge in [-0.1, -0.05) is 28.9 Å². The number of likely N-dealkylation sites (tertiary alicyclic amines) is 1. The van der Waals surface area contributed by atoms with E-state index in [4.69, 9.17) is 20.9 Å². The maximum absolute atomic E-state index is 6.48. The highest BCUT2D eigenvalue weighted by molar-refractivity contribution is 6.31. The average molecular weight is 481 g/mol. The molecule has 3 saturated heterocycles. The molecule has 0 bridgehead atoms. The fourth-order valence-corrected chi connectivity index (χ4v) is 6.02. The van der Waals surface area contributed by atoms with Gasteiger partial charge in [0.25, 0.3) is 0 Å². The number of para-hydroxylation sites is 1.